The Labute approximate surface area is 346 Å². The molecule has 7 aromatic rings. The summed E-state index contributed by atoms with van der Waals surface area (Å²) in [5.74, 6) is 0.0154. The second-order valence-electron chi connectivity index (χ2n) is 13.2. The molecule has 0 atom stereocenters. The number of carbonyl (C=O) groups excluding carboxylic acids is 3. The SMILES string of the molecule is C=C(C)C(=O)Oc1ccc(C(=O)Oc2ccc(-c3ccc4cc(-c5ccc(NC(=O)CCC)c(/C=N/Nc6nc7ccc(OC)nc7s6)c5)ccc4c3)cc2Br)cc1. The molecule has 0 unspecified atom stereocenters. The van der Waals surface area contributed by atoms with E-state index in [1.807, 2.05) is 49.4 Å². The quantitative estimate of drug-likeness (QED) is 0.0381. The van der Waals surface area contributed by atoms with Gasteiger partial charge in [-0.2, -0.15) is 5.10 Å². The first kappa shape index (κ1) is 39.5. The van der Waals surface area contributed by atoms with Crippen molar-refractivity contribution in [3.8, 4) is 39.6 Å². The maximum atomic E-state index is 12.9. The maximum Gasteiger partial charge on any atom is 0.343 e. The Balaban J connectivity index is 1.07. The van der Waals surface area contributed by atoms with Gasteiger partial charge in [0.25, 0.3) is 0 Å². The highest BCUT2D eigenvalue weighted by Gasteiger charge is 2.15. The van der Waals surface area contributed by atoms with Crippen molar-refractivity contribution in [1.82, 2.24) is 9.97 Å². The third-order valence-electron chi connectivity index (χ3n) is 8.90. The molecule has 0 radical (unpaired) electrons. The summed E-state index contributed by atoms with van der Waals surface area (Å²) in [5.41, 5.74) is 9.56. The van der Waals surface area contributed by atoms with Gasteiger partial charge in [-0.15, -0.1) is 0 Å². The highest BCUT2D eigenvalue weighted by molar-refractivity contribution is 9.10. The zero-order valence-corrected chi connectivity index (χ0v) is 34.1. The minimum absolute atomic E-state index is 0.0689. The number of hydrazone groups is 1. The Bertz CT molecular complexity index is 2750. The summed E-state index contributed by atoms with van der Waals surface area (Å²) in [6.45, 7) is 7.09. The fraction of sp³-hybridized carbons (Fsp3) is 0.111. The van der Waals surface area contributed by atoms with Crippen LogP contribution in [0.5, 0.6) is 17.4 Å². The number of nitrogens with one attached hydrogen (secondary N) is 2. The molecule has 0 bridgehead atoms. The van der Waals surface area contributed by atoms with Crippen LogP contribution >= 0.6 is 27.3 Å². The third-order valence-corrected chi connectivity index (χ3v) is 10.4. The molecule has 58 heavy (non-hydrogen) atoms. The lowest BCUT2D eigenvalue weighted by Crippen LogP contribution is -2.12. The molecule has 0 spiro atoms. The number of esters is 2. The van der Waals surface area contributed by atoms with E-state index < -0.39 is 11.9 Å². The lowest BCUT2D eigenvalue weighted by molar-refractivity contribution is -0.130. The van der Waals surface area contributed by atoms with E-state index in [0.717, 1.165) is 55.4 Å². The van der Waals surface area contributed by atoms with Gasteiger partial charge in [0.2, 0.25) is 16.9 Å². The van der Waals surface area contributed by atoms with Gasteiger partial charge in [-0.25, -0.2) is 19.6 Å². The Kier molecular flexibility index (Phi) is 12.0. The van der Waals surface area contributed by atoms with Gasteiger partial charge < -0.3 is 19.5 Å². The highest BCUT2D eigenvalue weighted by Crippen LogP contribution is 2.34. The summed E-state index contributed by atoms with van der Waals surface area (Å²) in [5, 5.41) is 10.1. The van der Waals surface area contributed by atoms with Crippen LogP contribution in [0.4, 0.5) is 10.8 Å². The van der Waals surface area contributed by atoms with Gasteiger partial charge in [0.05, 0.1) is 23.4 Å². The molecule has 2 N–H and O–H groups in total. The molecule has 2 aromatic heterocycles. The van der Waals surface area contributed by atoms with Crippen molar-refractivity contribution in [1.29, 1.82) is 0 Å². The topological polar surface area (TPSA) is 141 Å². The zero-order valence-electron chi connectivity index (χ0n) is 31.7. The molecule has 0 fully saturated rings. The molecule has 13 heteroatoms. The molecule has 0 aliphatic heterocycles. The maximum absolute atomic E-state index is 12.9. The predicted octanol–water partition coefficient (Wildman–Crippen LogP) is 10.8. The molecule has 5 aromatic carbocycles. The second kappa shape index (κ2) is 17.6. The van der Waals surface area contributed by atoms with Gasteiger partial charge in [0.1, 0.15) is 21.8 Å². The van der Waals surface area contributed by atoms with Gasteiger partial charge in [-0.1, -0.05) is 61.2 Å². The molecule has 1 amide bonds. The van der Waals surface area contributed by atoms with Gasteiger partial charge in [-0.3, -0.25) is 10.2 Å². The number of hydrogen-bond acceptors (Lipinski definition) is 11. The number of nitrogens with zero attached hydrogens (tertiary/aromatic N) is 3. The Morgan fingerprint density at radius 2 is 1.50 bits per heavy atom. The number of hydrogen-bond donors (Lipinski definition) is 2. The van der Waals surface area contributed by atoms with E-state index in [4.69, 9.17) is 14.2 Å². The molecule has 11 nitrogen and oxygen atoms in total. The van der Waals surface area contributed by atoms with Crippen LogP contribution in [0, 0.1) is 0 Å². The molecule has 0 saturated carbocycles. The molecular formula is C45H36BrN5O6S. The van der Waals surface area contributed by atoms with Crippen LogP contribution in [0.2, 0.25) is 0 Å². The van der Waals surface area contributed by atoms with Crippen LogP contribution in [0.25, 0.3) is 43.4 Å². The van der Waals surface area contributed by atoms with Crippen molar-refractivity contribution in [2.45, 2.75) is 26.7 Å². The number of benzene rings is 5. The lowest BCUT2D eigenvalue weighted by atomic mass is 9.96. The van der Waals surface area contributed by atoms with Crippen molar-refractivity contribution in [3.63, 3.8) is 0 Å². The molecule has 2 heterocycles. The standard InChI is InChI=1S/C45H36BrN5O6S/c1-5-6-40(52)48-37-17-13-32(23-34(37)25-47-51-45-49-38-18-20-41(55-4)50-42(38)58-45)30-8-7-29-22-31(10-9-28(29)21-30)33-14-19-39(36(46)24-33)57-44(54)27-11-15-35(16-12-27)56-43(53)26(2)3/h7-25H,2,5-6H2,1,3-4H3,(H,48,52)(H,49,51)/b47-25+. The summed E-state index contributed by atoms with van der Waals surface area (Å²) in [4.78, 5) is 47.0. The van der Waals surface area contributed by atoms with E-state index in [-0.39, 0.29) is 11.5 Å². The third kappa shape index (κ3) is 9.28. The Morgan fingerprint density at radius 3 is 2.17 bits per heavy atom. The number of halogens is 1. The van der Waals surface area contributed by atoms with Crippen LogP contribution < -0.4 is 25.0 Å². The van der Waals surface area contributed by atoms with Crippen molar-refractivity contribution >= 4 is 83.3 Å². The van der Waals surface area contributed by atoms with Crippen molar-refractivity contribution in [2.75, 3.05) is 17.9 Å². The first-order valence-corrected chi connectivity index (χ1v) is 19.8. The number of pyridine rings is 1. The molecule has 0 saturated heterocycles. The fourth-order valence-electron chi connectivity index (χ4n) is 5.90. The average molecular weight is 855 g/mol. The van der Waals surface area contributed by atoms with Crippen molar-refractivity contribution in [2.24, 2.45) is 5.10 Å². The molecular weight excluding hydrogens is 818 g/mol. The smallest absolute Gasteiger partial charge is 0.343 e. The largest absolute Gasteiger partial charge is 0.481 e. The van der Waals surface area contributed by atoms with Gasteiger partial charge in [0.15, 0.2) is 0 Å². The second-order valence-corrected chi connectivity index (χ2v) is 15.0. The van der Waals surface area contributed by atoms with E-state index in [1.165, 1.54) is 35.6 Å². The Hall–Kier alpha value is -6.70. The first-order valence-electron chi connectivity index (χ1n) is 18.2. The zero-order chi connectivity index (χ0) is 40.8. The van der Waals surface area contributed by atoms with Gasteiger partial charge >= 0.3 is 11.9 Å². The van der Waals surface area contributed by atoms with E-state index in [0.29, 0.717) is 44.7 Å². The fourth-order valence-corrected chi connectivity index (χ4v) is 7.14. The van der Waals surface area contributed by atoms with E-state index >= 15 is 0 Å². The minimum Gasteiger partial charge on any atom is -0.481 e. The summed E-state index contributed by atoms with van der Waals surface area (Å²) < 4.78 is 16.7. The number of methoxy groups -OCH3 is 1. The van der Waals surface area contributed by atoms with Gasteiger partial charge in [0, 0.05) is 29.3 Å². The number of carbonyl (C=O) groups is 3. The lowest BCUT2D eigenvalue weighted by Gasteiger charge is -2.12. The molecule has 7 rings (SSSR count). The number of amides is 1. The summed E-state index contributed by atoms with van der Waals surface area (Å²) in [6.07, 6.45) is 2.82. The number of aromatic nitrogens is 2. The van der Waals surface area contributed by atoms with Crippen LogP contribution in [0.3, 0.4) is 0 Å². The summed E-state index contributed by atoms with van der Waals surface area (Å²) in [7, 11) is 1.57. The van der Waals surface area contributed by atoms with E-state index in [2.05, 4.69) is 78.7 Å². The summed E-state index contributed by atoms with van der Waals surface area (Å²) in [6, 6.07) is 33.6. The molecule has 0 aliphatic carbocycles. The highest BCUT2D eigenvalue weighted by atomic mass is 79.9. The molecule has 290 valence electrons. The average Bonchev–Trinajstić information content (AvgIpc) is 3.64. The van der Waals surface area contributed by atoms with Gasteiger partial charge in [-0.05, 0) is 129 Å². The van der Waals surface area contributed by atoms with Crippen molar-refractivity contribution < 1.29 is 28.6 Å². The number of anilines is 2. The number of fused-ring (bicyclic) bond motifs is 2. The first-order chi connectivity index (χ1) is 28.1. The monoisotopic (exact) mass is 853 g/mol. The normalized spacial score (nSPS) is 11.1. The minimum atomic E-state index is -0.552. The molecule has 0 aliphatic rings. The number of ether oxygens (including phenoxy) is 3. The predicted molar refractivity (Wildman–Crippen MR) is 233 cm³/mol. The Morgan fingerprint density at radius 1 is 0.828 bits per heavy atom. The van der Waals surface area contributed by atoms with Crippen LogP contribution in [0.15, 0.2) is 131 Å². The van der Waals surface area contributed by atoms with Crippen LogP contribution in [0.1, 0.15) is 42.6 Å². The summed E-state index contributed by atoms with van der Waals surface area (Å²) >= 11 is 4.92. The number of rotatable bonds is 13. The van der Waals surface area contributed by atoms with E-state index in [1.54, 1.807) is 32.4 Å². The van der Waals surface area contributed by atoms with Crippen LogP contribution in [-0.4, -0.2) is 41.1 Å². The number of thiazole rings is 1. The van der Waals surface area contributed by atoms with Crippen molar-refractivity contribution in [3.05, 3.63) is 137 Å². The van der Waals surface area contributed by atoms with E-state index in [9.17, 15) is 14.4 Å². The van der Waals surface area contributed by atoms with Crippen LogP contribution in [-0.2, 0) is 9.59 Å².